The van der Waals surface area contributed by atoms with E-state index in [1.54, 1.807) is 24.3 Å². The van der Waals surface area contributed by atoms with Crippen LogP contribution in [0.2, 0.25) is 0 Å². The summed E-state index contributed by atoms with van der Waals surface area (Å²) in [6.07, 6.45) is 0.350. The fraction of sp³-hybridized carbons (Fsp3) is 0.167. The molecule has 0 saturated heterocycles. The van der Waals surface area contributed by atoms with Gasteiger partial charge in [-0.1, -0.05) is 5.92 Å². The molecule has 4 heteroatoms. The van der Waals surface area contributed by atoms with Gasteiger partial charge in [-0.3, -0.25) is 4.79 Å². The van der Waals surface area contributed by atoms with Gasteiger partial charge in [0.1, 0.15) is 12.4 Å². The minimum atomic E-state index is -0.658. The quantitative estimate of drug-likeness (QED) is 0.597. The molecule has 0 atom stereocenters. The number of ether oxygens (including phenoxy) is 1. The lowest BCUT2D eigenvalue weighted by Crippen LogP contribution is -2.06. The maximum Gasteiger partial charge on any atom is 0.293 e. The molecule has 1 amide bonds. The van der Waals surface area contributed by atoms with E-state index in [0.717, 1.165) is 0 Å². The average molecular weight is 214 g/mol. The molecular weight excluding hydrogens is 204 g/mol. The van der Waals surface area contributed by atoms with Crippen LogP contribution in [0.3, 0.4) is 0 Å². The third kappa shape index (κ3) is 4.17. The summed E-state index contributed by atoms with van der Waals surface area (Å²) in [5, 5.41) is 8.32. The zero-order valence-corrected chi connectivity index (χ0v) is 8.56. The fourth-order valence-corrected chi connectivity index (χ4v) is 0.983. The summed E-state index contributed by atoms with van der Waals surface area (Å²) in [6.45, 7) is 0.364. The number of carbonyl (C=O) groups excluding carboxylic acids is 1. The Kier molecular flexibility index (Phi) is 4.43. The summed E-state index contributed by atoms with van der Waals surface area (Å²) in [5.74, 6) is 4.85. The number of rotatable bonds is 3. The Balaban J connectivity index is 2.59. The predicted molar refractivity (Wildman–Crippen MR) is 58.2 cm³/mol. The molecule has 2 N–H and O–H groups in total. The summed E-state index contributed by atoms with van der Waals surface area (Å²) in [6, 6.07) is 8.87. The molecule has 0 bridgehead atoms. The summed E-state index contributed by atoms with van der Waals surface area (Å²) in [5.41, 5.74) is 5.57. The van der Waals surface area contributed by atoms with Crippen LogP contribution in [0.4, 0.5) is 0 Å². The van der Waals surface area contributed by atoms with Crippen LogP contribution in [-0.4, -0.2) is 12.5 Å². The van der Waals surface area contributed by atoms with Crippen molar-refractivity contribution in [3.05, 3.63) is 29.8 Å². The van der Waals surface area contributed by atoms with Gasteiger partial charge in [0.2, 0.25) is 0 Å². The lowest BCUT2D eigenvalue weighted by atomic mass is 10.2. The molecule has 0 aliphatic carbocycles. The number of nitrogens with zero attached hydrogens (tertiary/aromatic N) is 1. The number of benzene rings is 1. The van der Waals surface area contributed by atoms with Gasteiger partial charge in [0.05, 0.1) is 12.5 Å². The van der Waals surface area contributed by atoms with Crippen molar-refractivity contribution >= 4 is 5.91 Å². The number of amides is 1. The Morgan fingerprint density at radius 3 is 2.62 bits per heavy atom. The Hall–Kier alpha value is -2.46. The van der Waals surface area contributed by atoms with Gasteiger partial charge >= 0.3 is 0 Å². The zero-order chi connectivity index (χ0) is 11.8. The van der Waals surface area contributed by atoms with Crippen LogP contribution < -0.4 is 10.5 Å². The van der Waals surface area contributed by atoms with E-state index in [1.807, 2.05) is 6.07 Å². The van der Waals surface area contributed by atoms with Gasteiger partial charge in [-0.05, 0) is 30.2 Å². The van der Waals surface area contributed by atoms with Gasteiger partial charge in [0.25, 0.3) is 5.91 Å². The maximum atomic E-state index is 10.4. The SMILES string of the molecule is N#CCCOc1ccc(C#CC(N)=O)cc1. The summed E-state index contributed by atoms with van der Waals surface area (Å²) in [4.78, 5) is 10.4. The van der Waals surface area contributed by atoms with E-state index < -0.39 is 5.91 Å². The van der Waals surface area contributed by atoms with Gasteiger partial charge in [-0.25, -0.2) is 0 Å². The summed E-state index contributed by atoms with van der Waals surface area (Å²) >= 11 is 0. The molecule has 0 radical (unpaired) electrons. The van der Waals surface area contributed by atoms with Gasteiger partial charge in [0, 0.05) is 5.56 Å². The van der Waals surface area contributed by atoms with Crippen LogP contribution in [0.25, 0.3) is 0 Å². The first kappa shape index (κ1) is 11.6. The monoisotopic (exact) mass is 214 g/mol. The second-order valence-electron chi connectivity index (χ2n) is 2.90. The minimum absolute atomic E-state index is 0.350. The first-order valence-electron chi connectivity index (χ1n) is 4.63. The molecule has 0 aliphatic heterocycles. The third-order valence-electron chi connectivity index (χ3n) is 1.67. The van der Waals surface area contributed by atoms with E-state index >= 15 is 0 Å². The summed E-state index contributed by atoms with van der Waals surface area (Å²) < 4.78 is 5.26. The second kappa shape index (κ2) is 6.10. The highest BCUT2D eigenvalue weighted by Crippen LogP contribution is 2.11. The number of carbonyl (C=O) groups is 1. The normalized spacial score (nSPS) is 8.44. The van der Waals surface area contributed by atoms with Crippen molar-refractivity contribution in [3.63, 3.8) is 0 Å². The molecule has 80 valence electrons. The second-order valence-corrected chi connectivity index (χ2v) is 2.90. The van der Waals surface area contributed by atoms with Crippen molar-refractivity contribution in [1.29, 1.82) is 5.26 Å². The van der Waals surface area contributed by atoms with Gasteiger partial charge in [0.15, 0.2) is 0 Å². The van der Waals surface area contributed by atoms with Crippen molar-refractivity contribution in [3.8, 4) is 23.7 Å². The van der Waals surface area contributed by atoms with Crippen molar-refractivity contribution in [2.45, 2.75) is 6.42 Å². The molecule has 1 aromatic rings. The number of hydrogen-bond acceptors (Lipinski definition) is 3. The molecule has 1 rings (SSSR count). The van der Waals surface area contributed by atoms with Crippen LogP contribution in [0.15, 0.2) is 24.3 Å². The highest BCUT2D eigenvalue weighted by atomic mass is 16.5. The van der Waals surface area contributed by atoms with Crippen molar-refractivity contribution in [2.75, 3.05) is 6.61 Å². The Labute approximate surface area is 93.6 Å². The molecule has 4 nitrogen and oxygen atoms in total. The van der Waals surface area contributed by atoms with Gasteiger partial charge in [-0.15, -0.1) is 0 Å². The van der Waals surface area contributed by atoms with E-state index in [-0.39, 0.29) is 0 Å². The fourth-order valence-electron chi connectivity index (χ4n) is 0.983. The molecule has 0 heterocycles. The first-order chi connectivity index (χ1) is 7.72. The first-order valence-corrected chi connectivity index (χ1v) is 4.63. The number of nitriles is 1. The zero-order valence-electron chi connectivity index (χ0n) is 8.56. The van der Waals surface area contributed by atoms with Gasteiger partial charge in [-0.2, -0.15) is 5.26 Å². The Morgan fingerprint density at radius 2 is 2.06 bits per heavy atom. The molecule has 0 aromatic heterocycles. The van der Waals surface area contributed by atoms with E-state index in [0.29, 0.717) is 24.3 Å². The standard InChI is InChI=1S/C12H10N2O2/c13-8-1-9-16-11-5-2-10(3-6-11)4-7-12(14)15/h2-3,5-6H,1,9H2,(H2,14,15). The average Bonchev–Trinajstić information content (AvgIpc) is 2.28. The smallest absolute Gasteiger partial charge is 0.293 e. The topological polar surface area (TPSA) is 76.1 Å². The Bertz CT molecular complexity index is 461. The number of hydrogen-bond donors (Lipinski definition) is 1. The van der Waals surface area contributed by atoms with Crippen LogP contribution in [-0.2, 0) is 4.79 Å². The van der Waals surface area contributed by atoms with Crippen molar-refractivity contribution in [1.82, 2.24) is 0 Å². The number of primary amides is 1. The lowest BCUT2D eigenvalue weighted by Gasteiger charge is -2.02. The number of nitrogens with two attached hydrogens (primary N) is 1. The molecule has 0 fully saturated rings. The van der Waals surface area contributed by atoms with E-state index in [4.69, 9.17) is 15.7 Å². The molecular formula is C12H10N2O2. The molecule has 0 spiro atoms. The van der Waals surface area contributed by atoms with E-state index in [2.05, 4.69) is 11.8 Å². The van der Waals surface area contributed by atoms with Crippen LogP contribution in [0, 0.1) is 23.2 Å². The molecule has 16 heavy (non-hydrogen) atoms. The van der Waals surface area contributed by atoms with Crippen molar-refractivity contribution in [2.24, 2.45) is 5.73 Å². The van der Waals surface area contributed by atoms with Gasteiger partial charge < -0.3 is 10.5 Å². The van der Waals surface area contributed by atoms with Crippen LogP contribution in [0.5, 0.6) is 5.75 Å². The molecule has 0 unspecified atom stereocenters. The molecule has 0 saturated carbocycles. The summed E-state index contributed by atoms with van der Waals surface area (Å²) in [7, 11) is 0. The van der Waals surface area contributed by atoms with E-state index in [1.165, 1.54) is 0 Å². The lowest BCUT2D eigenvalue weighted by molar-refractivity contribution is -0.112. The molecule has 1 aromatic carbocycles. The highest BCUT2D eigenvalue weighted by molar-refractivity contribution is 5.92. The molecule has 0 aliphatic rings. The van der Waals surface area contributed by atoms with Crippen LogP contribution in [0.1, 0.15) is 12.0 Å². The predicted octanol–water partition coefficient (Wildman–Crippen LogP) is 0.816. The van der Waals surface area contributed by atoms with Crippen LogP contribution >= 0.6 is 0 Å². The third-order valence-corrected chi connectivity index (χ3v) is 1.67. The largest absolute Gasteiger partial charge is 0.493 e. The Morgan fingerprint density at radius 1 is 1.38 bits per heavy atom. The highest BCUT2D eigenvalue weighted by Gasteiger charge is 1.93. The van der Waals surface area contributed by atoms with Crippen molar-refractivity contribution < 1.29 is 9.53 Å². The maximum absolute atomic E-state index is 10.4. The minimum Gasteiger partial charge on any atom is -0.493 e. The van der Waals surface area contributed by atoms with E-state index in [9.17, 15) is 4.79 Å².